The SMILES string of the molecule is CCN(CC)CCC[S]. The highest BCUT2D eigenvalue weighted by Crippen LogP contribution is 1.91. The second-order valence-electron chi connectivity index (χ2n) is 2.08. The predicted octanol–water partition coefficient (Wildman–Crippen LogP) is 1.92. The Balaban J connectivity index is 3.09. The molecule has 0 aliphatic heterocycles. The molecule has 0 N–H and O–H groups in total. The summed E-state index contributed by atoms with van der Waals surface area (Å²) < 4.78 is 0. The van der Waals surface area contributed by atoms with Crippen molar-refractivity contribution in [1.82, 2.24) is 4.90 Å². The fraction of sp³-hybridized carbons (Fsp3) is 1.00. The first-order valence-corrected chi connectivity index (χ1v) is 4.23. The quantitative estimate of drug-likeness (QED) is 0.573. The summed E-state index contributed by atoms with van der Waals surface area (Å²) in [7, 11) is 0. The van der Waals surface area contributed by atoms with Crippen molar-refractivity contribution in [2.45, 2.75) is 20.3 Å². The molecule has 0 spiro atoms. The van der Waals surface area contributed by atoms with Gasteiger partial charge in [-0.05, 0) is 26.1 Å². The average molecular weight is 146 g/mol. The topological polar surface area (TPSA) is 3.24 Å². The van der Waals surface area contributed by atoms with Crippen LogP contribution in [0.25, 0.3) is 0 Å². The third-order valence-electron chi connectivity index (χ3n) is 1.51. The third kappa shape index (κ3) is 4.79. The van der Waals surface area contributed by atoms with Crippen molar-refractivity contribution in [2.75, 3.05) is 25.4 Å². The van der Waals surface area contributed by atoms with Gasteiger partial charge in [0.2, 0.25) is 0 Å². The Bertz CT molecular complexity index is 52.9. The third-order valence-corrected chi connectivity index (χ3v) is 1.80. The summed E-state index contributed by atoms with van der Waals surface area (Å²) in [5.41, 5.74) is 0. The summed E-state index contributed by atoms with van der Waals surface area (Å²) in [5.74, 6) is 0.899. The van der Waals surface area contributed by atoms with Gasteiger partial charge >= 0.3 is 0 Å². The monoisotopic (exact) mass is 146 g/mol. The zero-order valence-electron chi connectivity index (χ0n) is 6.39. The van der Waals surface area contributed by atoms with Crippen molar-refractivity contribution in [3.8, 4) is 0 Å². The van der Waals surface area contributed by atoms with E-state index in [9.17, 15) is 0 Å². The summed E-state index contributed by atoms with van der Waals surface area (Å²) in [4.78, 5) is 2.40. The van der Waals surface area contributed by atoms with Crippen molar-refractivity contribution in [3.05, 3.63) is 0 Å². The van der Waals surface area contributed by atoms with Crippen LogP contribution in [0.5, 0.6) is 0 Å². The molecule has 0 aromatic rings. The maximum Gasteiger partial charge on any atom is 0.00491 e. The molecule has 0 unspecified atom stereocenters. The van der Waals surface area contributed by atoms with Crippen LogP contribution in [0, 0.1) is 0 Å². The second kappa shape index (κ2) is 6.43. The zero-order chi connectivity index (χ0) is 7.11. The summed E-state index contributed by atoms with van der Waals surface area (Å²) in [6.45, 7) is 7.87. The van der Waals surface area contributed by atoms with Gasteiger partial charge in [0.05, 0.1) is 0 Å². The van der Waals surface area contributed by atoms with E-state index in [4.69, 9.17) is 12.6 Å². The van der Waals surface area contributed by atoms with E-state index in [1.165, 1.54) is 6.54 Å². The van der Waals surface area contributed by atoms with Crippen LogP contribution in [0.1, 0.15) is 20.3 Å². The maximum absolute atomic E-state index is 4.84. The lowest BCUT2D eigenvalue weighted by atomic mass is 10.4. The fourth-order valence-electron chi connectivity index (χ4n) is 0.828. The molecule has 0 fully saturated rings. The normalized spacial score (nSPS) is 10.7. The van der Waals surface area contributed by atoms with Gasteiger partial charge in [-0.3, -0.25) is 0 Å². The van der Waals surface area contributed by atoms with Gasteiger partial charge in [-0.1, -0.05) is 26.5 Å². The molecule has 0 bridgehead atoms. The lowest BCUT2D eigenvalue weighted by Gasteiger charge is -2.16. The number of hydrogen-bond acceptors (Lipinski definition) is 1. The predicted molar refractivity (Wildman–Crippen MR) is 44.9 cm³/mol. The lowest BCUT2D eigenvalue weighted by molar-refractivity contribution is 0.305. The highest BCUT2D eigenvalue weighted by molar-refractivity contribution is 7.80. The van der Waals surface area contributed by atoms with E-state index in [1.54, 1.807) is 0 Å². The number of nitrogens with zero attached hydrogens (tertiary/aromatic N) is 1. The first kappa shape index (κ1) is 9.31. The fourth-order valence-corrected chi connectivity index (χ4v) is 0.957. The number of hydrogen-bond donors (Lipinski definition) is 0. The van der Waals surface area contributed by atoms with Gasteiger partial charge in [-0.2, -0.15) is 0 Å². The maximum atomic E-state index is 4.84. The Morgan fingerprint density at radius 2 is 1.78 bits per heavy atom. The smallest absolute Gasteiger partial charge is 0.00491 e. The minimum absolute atomic E-state index is 0.899. The van der Waals surface area contributed by atoms with Crippen LogP contribution < -0.4 is 0 Å². The second-order valence-corrected chi connectivity index (χ2v) is 2.49. The van der Waals surface area contributed by atoms with Crippen LogP contribution in [0.4, 0.5) is 0 Å². The Morgan fingerprint density at radius 1 is 1.22 bits per heavy atom. The van der Waals surface area contributed by atoms with E-state index in [-0.39, 0.29) is 0 Å². The molecular formula is C7H16NS. The molecule has 0 saturated heterocycles. The van der Waals surface area contributed by atoms with E-state index >= 15 is 0 Å². The standard InChI is InChI=1S/C7H16NS/c1-3-8(4-2)6-5-7-9/h3-7H2,1-2H3. The molecule has 55 valence electrons. The van der Waals surface area contributed by atoms with Gasteiger partial charge in [-0.25, -0.2) is 0 Å². The summed E-state index contributed by atoms with van der Waals surface area (Å²) in [6, 6.07) is 0. The van der Waals surface area contributed by atoms with E-state index in [0.717, 1.165) is 25.3 Å². The Kier molecular flexibility index (Phi) is 6.65. The van der Waals surface area contributed by atoms with Crippen molar-refractivity contribution < 1.29 is 0 Å². The average Bonchev–Trinajstić information content (AvgIpc) is 1.91. The van der Waals surface area contributed by atoms with E-state index in [1.807, 2.05) is 0 Å². The summed E-state index contributed by atoms with van der Waals surface area (Å²) >= 11 is 4.84. The van der Waals surface area contributed by atoms with Gasteiger partial charge < -0.3 is 4.90 Å². The molecule has 0 aromatic carbocycles. The summed E-state index contributed by atoms with van der Waals surface area (Å²) in [5, 5.41) is 0. The molecule has 2 heteroatoms. The molecule has 0 aliphatic carbocycles. The molecular weight excluding hydrogens is 130 g/mol. The van der Waals surface area contributed by atoms with Crippen molar-refractivity contribution in [1.29, 1.82) is 0 Å². The first-order chi connectivity index (χ1) is 4.35. The largest absolute Gasteiger partial charge is 0.304 e. The van der Waals surface area contributed by atoms with E-state index < -0.39 is 0 Å². The number of rotatable bonds is 5. The molecule has 0 saturated carbocycles. The van der Waals surface area contributed by atoms with Gasteiger partial charge in [0, 0.05) is 5.75 Å². The van der Waals surface area contributed by atoms with Crippen LogP contribution in [0.3, 0.4) is 0 Å². The molecule has 0 aliphatic rings. The van der Waals surface area contributed by atoms with Crippen LogP contribution in [0.15, 0.2) is 0 Å². The van der Waals surface area contributed by atoms with Crippen LogP contribution in [-0.4, -0.2) is 30.3 Å². The molecule has 0 atom stereocenters. The Hall–Kier alpha value is 0.310. The molecule has 0 heterocycles. The highest BCUT2D eigenvalue weighted by atomic mass is 32.1. The first-order valence-electron chi connectivity index (χ1n) is 3.65. The molecule has 0 amide bonds. The molecule has 1 nitrogen and oxygen atoms in total. The van der Waals surface area contributed by atoms with Crippen LogP contribution >= 0.6 is 12.6 Å². The summed E-state index contributed by atoms with van der Waals surface area (Å²) in [6.07, 6.45) is 1.16. The van der Waals surface area contributed by atoms with Gasteiger partial charge in [0.1, 0.15) is 0 Å². The minimum atomic E-state index is 0.899. The molecule has 1 radical (unpaired) electrons. The molecule has 9 heavy (non-hydrogen) atoms. The lowest BCUT2D eigenvalue weighted by Crippen LogP contribution is -2.24. The van der Waals surface area contributed by atoms with Crippen LogP contribution in [0.2, 0.25) is 0 Å². The van der Waals surface area contributed by atoms with Crippen molar-refractivity contribution in [3.63, 3.8) is 0 Å². The minimum Gasteiger partial charge on any atom is -0.304 e. The Morgan fingerprint density at radius 3 is 2.11 bits per heavy atom. The zero-order valence-corrected chi connectivity index (χ0v) is 7.21. The Labute approximate surface area is 63.8 Å². The van der Waals surface area contributed by atoms with Gasteiger partial charge in [0.15, 0.2) is 0 Å². The van der Waals surface area contributed by atoms with Crippen molar-refractivity contribution in [2.24, 2.45) is 0 Å². The van der Waals surface area contributed by atoms with Gasteiger partial charge in [-0.15, -0.1) is 0 Å². The van der Waals surface area contributed by atoms with Gasteiger partial charge in [0.25, 0.3) is 0 Å². The van der Waals surface area contributed by atoms with Crippen LogP contribution in [-0.2, 0) is 0 Å². The molecule has 0 aromatic heterocycles. The van der Waals surface area contributed by atoms with E-state index in [0.29, 0.717) is 0 Å². The highest BCUT2D eigenvalue weighted by Gasteiger charge is 1.95. The molecule has 0 rings (SSSR count). The van der Waals surface area contributed by atoms with E-state index in [2.05, 4.69) is 18.7 Å². The van der Waals surface area contributed by atoms with Crippen molar-refractivity contribution >= 4 is 12.6 Å².